The van der Waals surface area contributed by atoms with Crippen LogP contribution in [-0.2, 0) is 5.41 Å². The number of aliphatic hydroxyl groups is 1. The lowest BCUT2D eigenvalue weighted by molar-refractivity contribution is 0.219. The fourth-order valence-corrected chi connectivity index (χ4v) is 4.33. The van der Waals surface area contributed by atoms with E-state index in [0.717, 1.165) is 48.7 Å². The number of nitrogens with one attached hydrogen (secondary N) is 3. The molecule has 2 aliphatic rings. The molecule has 2 aromatic heterocycles. The fraction of sp³-hybridized carbons (Fsp3) is 0.333. The minimum Gasteiger partial charge on any atom is -0.395 e. The zero-order valence-electron chi connectivity index (χ0n) is 18.5. The van der Waals surface area contributed by atoms with Crippen LogP contribution in [0.15, 0.2) is 42.7 Å². The molecule has 0 amide bonds. The molecule has 4 heterocycles. The van der Waals surface area contributed by atoms with Crippen LogP contribution >= 0.6 is 0 Å². The highest BCUT2D eigenvalue weighted by Crippen LogP contribution is 2.41. The molecule has 0 saturated carbocycles. The van der Waals surface area contributed by atoms with Gasteiger partial charge in [-0.15, -0.1) is 0 Å². The molecule has 1 fully saturated rings. The summed E-state index contributed by atoms with van der Waals surface area (Å²) in [6.07, 6.45) is 3.54. The van der Waals surface area contributed by atoms with Crippen molar-refractivity contribution >= 4 is 23.1 Å². The molecular formula is C24H26N8O. The third-order valence-electron chi connectivity index (χ3n) is 6.33. The lowest BCUT2D eigenvalue weighted by Gasteiger charge is -2.29. The van der Waals surface area contributed by atoms with E-state index in [9.17, 15) is 10.4 Å². The molecule has 1 aromatic carbocycles. The van der Waals surface area contributed by atoms with Gasteiger partial charge >= 0.3 is 0 Å². The molecule has 1 saturated heterocycles. The van der Waals surface area contributed by atoms with E-state index in [1.54, 1.807) is 6.20 Å². The summed E-state index contributed by atoms with van der Waals surface area (Å²) in [5.41, 5.74) is 4.41. The third kappa shape index (κ3) is 4.06. The predicted octanol–water partition coefficient (Wildman–Crippen LogP) is 2.24. The maximum Gasteiger partial charge on any atom is 0.228 e. The number of aliphatic hydroxyl groups excluding tert-OH is 1. The van der Waals surface area contributed by atoms with E-state index in [2.05, 4.69) is 41.9 Å². The topological polar surface area (TPSA) is 122 Å². The van der Waals surface area contributed by atoms with Gasteiger partial charge in [-0.05, 0) is 35.9 Å². The van der Waals surface area contributed by atoms with Gasteiger partial charge in [0.2, 0.25) is 5.95 Å². The second-order valence-corrected chi connectivity index (χ2v) is 8.66. The molecule has 3 aromatic rings. The van der Waals surface area contributed by atoms with Crippen LogP contribution in [0.4, 0.5) is 23.1 Å². The van der Waals surface area contributed by atoms with Crippen LogP contribution in [0.1, 0.15) is 18.1 Å². The summed E-state index contributed by atoms with van der Waals surface area (Å²) in [7, 11) is 0. The summed E-state index contributed by atoms with van der Waals surface area (Å²) in [6.45, 7) is 6.46. The largest absolute Gasteiger partial charge is 0.395 e. The van der Waals surface area contributed by atoms with Gasteiger partial charge in [0, 0.05) is 49.9 Å². The van der Waals surface area contributed by atoms with E-state index in [1.807, 2.05) is 43.5 Å². The molecule has 5 rings (SSSR count). The van der Waals surface area contributed by atoms with Crippen molar-refractivity contribution in [2.75, 3.05) is 54.9 Å². The van der Waals surface area contributed by atoms with Gasteiger partial charge in [-0.25, -0.2) is 15.0 Å². The highest BCUT2D eigenvalue weighted by atomic mass is 16.3. The number of hydrogen-bond donors (Lipinski definition) is 4. The Labute approximate surface area is 192 Å². The Morgan fingerprint density at radius 3 is 2.79 bits per heavy atom. The van der Waals surface area contributed by atoms with E-state index in [1.165, 1.54) is 0 Å². The summed E-state index contributed by atoms with van der Waals surface area (Å²) in [6, 6.07) is 11.9. The molecule has 9 heteroatoms. The summed E-state index contributed by atoms with van der Waals surface area (Å²) >= 11 is 0. The van der Waals surface area contributed by atoms with Crippen molar-refractivity contribution in [3.05, 3.63) is 53.9 Å². The van der Waals surface area contributed by atoms with E-state index in [-0.39, 0.29) is 6.61 Å². The summed E-state index contributed by atoms with van der Waals surface area (Å²) < 4.78 is 0. The van der Waals surface area contributed by atoms with Crippen LogP contribution in [0.25, 0.3) is 11.3 Å². The number of aromatic nitrogens is 3. The monoisotopic (exact) mass is 442 g/mol. The first-order chi connectivity index (χ1) is 16.1. The second-order valence-electron chi connectivity index (χ2n) is 8.66. The zero-order valence-corrected chi connectivity index (χ0v) is 18.5. The van der Waals surface area contributed by atoms with Crippen molar-refractivity contribution in [1.82, 2.24) is 20.3 Å². The maximum absolute atomic E-state index is 9.94. The molecule has 0 spiro atoms. The van der Waals surface area contributed by atoms with E-state index in [4.69, 9.17) is 0 Å². The van der Waals surface area contributed by atoms with Gasteiger partial charge < -0.3 is 26.0 Å². The van der Waals surface area contributed by atoms with Gasteiger partial charge in [-0.2, -0.15) is 5.26 Å². The van der Waals surface area contributed by atoms with E-state index < -0.39 is 5.41 Å². The number of fused-ring (bicyclic) bond motifs is 1. The van der Waals surface area contributed by atoms with Crippen molar-refractivity contribution in [2.45, 2.75) is 12.3 Å². The SMILES string of the molecule is CC1(CO)CNc2c(C#N)cc(-c3ccnc(Nc4ccc(N5CCNCC5)cn4)n3)cc21. The molecule has 9 nitrogen and oxygen atoms in total. The van der Waals surface area contributed by atoms with Crippen molar-refractivity contribution in [3.63, 3.8) is 0 Å². The molecule has 0 radical (unpaired) electrons. The summed E-state index contributed by atoms with van der Waals surface area (Å²) in [5, 5.41) is 29.4. The molecule has 0 aliphatic carbocycles. The van der Waals surface area contributed by atoms with Crippen molar-refractivity contribution in [3.8, 4) is 17.3 Å². The Morgan fingerprint density at radius 2 is 2.06 bits per heavy atom. The first-order valence-corrected chi connectivity index (χ1v) is 11.1. The molecule has 0 bridgehead atoms. The van der Waals surface area contributed by atoms with Gasteiger partial charge in [0.05, 0.1) is 35.4 Å². The van der Waals surface area contributed by atoms with Crippen molar-refractivity contribution in [2.24, 2.45) is 0 Å². The molecule has 1 unspecified atom stereocenters. The number of hydrogen-bond acceptors (Lipinski definition) is 9. The summed E-state index contributed by atoms with van der Waals surface area (Å²) in [5.74, 6) is 1.09. The second kappa shape index (κ2) is 8.65. The Bertz CT molecular complexity index is 1200. The number of benzene rings is 1. The Balaban J connectivity index is 1.40. The Hall–Kier alpha value is -3.74. The van der Waals surface area contributed by atoms with Gasteiger partial charge in [0.15, 0.2) is 0 Å². The minimum atomic E-state index is -0.443. The van der Waals surface area contributed by atoms with E-state index >= 15 is 0 Å². The Morgan fingerprint density at radius 1 is 1.21 bits per heavy atom. The molecule has 1 atom stereocenters. The number of anilines is 4. The van der Waals surface area contributed by atoms with Crippen LogP contribution in [0.2, 0.25) is 0 Å². The normalized spacial score (nSPS) is 19.5. The average molecular weight is 443 g/mol. The third-order valence-corrected chi connectivity index (χ3v) is 6.33. The molecule has 33 heavy (non-hydrogen) atoms. The number of nitriles is 1. The van der Waals surface area contributed by atoms with Crippen molar-refractivity contribution < 1.29 is 5.11 Å². The van der Waals surface area contributed by atoms with Crippen LogP contribution in [-0.4, -0.2) is 59.4 Å². The summed E-state index contributed by atoms with van der Waals surface area (Å²) in [4.78, 5) is 15.8. The van der Waals surface area contributed by atoms with Gasteiger partial charge in [-0.3, -0.25) is 0 Å². The lowest BCUT2D eigenvalue weighted by atomic mass is 9.83. The Kier molecular flexibility index (Phi) is 5.54. The van der Waals surface area contributed by atoms with Gasteiger partial charge in [0.1, 0.15) is 11.9 Å². The highest BCUT2D eigenvalue weighted by molar-refractivity contribution is 5.76. The molecule has 4 N–H and O–H groups in total. The highest BCUT2D eigenvalue weighted by Gasteiger charge is 2.36. The molecular weight excluding hydrogens is 416 g/mol. The first kappa shape index (κ1) is 21.1. The fourth-order valence-electron chi connectivity index (χ4n) is 4.33. The van der Waals surface area contributed by atoms with Crippen LogP contribution in [0.5, 0.6) is 0 Å². The zero-order chi connectivity index (χ0) is 22.8. The number of pyridine rings is 1. The van der Waals surface area contributed by atoms with Gasteiger partial charge in [0.25, 0.3) is 0 Å². The standard InChI is InChI=1S/C24H26N8O/c1-24(15-33)14-29-22-17(12-25)10-16(11-19(22)24)20-4-5-27-23(30-20)31-21-3-2-18(13-28-21)32-8-6-26-7-9-32/h2-5,10-11,13,26,29,33H,6-9,14-15H2,1H3,(H,27,28,30,31). The first-order valence-electron chi connectivity index (χ1n) is 11.1. The van der Waals surface area contributed by atoms with Crippen molar-refractivity contribution in [1.29, 1.82) is 5.26 Å². The predicted molar refractivity (Wildman–Crippen MR) is 128 cm³/mol. The van der Waals surface area contributed by atoms with E-state index in [0.29, 0.717) is 29.6 Å². The quantitative estimate of drug-likeness (QED) is 0.471. The van der Waals surface area contributed by atoms with Crippen LogP contribution in [0, 0.1) is 11.3 Å². The number of piperazine rings is 1. The van der Waals surface area contributed by atoms with Crippen LogP contribution < -0.4 is 20.9 Å². The van der Waals surface area contributed by atoms with Crippen LogP contribution in [0.3, 0.4) is 0 Å². The smallest absolute Gasteiger partial charge is 0.228 e. The average Bonchev–Trinajstić information content (AvgIpc) is 3.22. The number of rotatable bonds is 5. The van der Waals surface area contributed by atoms with Gasteiger partial charge in [-0.1, -0.05) is 6.92 Å². The minimum absolute atomic E-state index is 0.00644. The number of nitrogens with zero attached hydrogens (tertiary/aromatic N) is 5. The lowest BCUT2D eigenvalue weighted by Crippen LogP contribution is -2.43. The molecule has 2 aliphatic heterocycles. The molecule has 168 valence electrons. The maximum atomic E-state index is 9.94.